The summed E-state index contributed by atoms with van der Waals surface area (Å²) < 4.78 is 32.1. The third kappa shape index (κ3) is 6.97. The van der Waals surface area contributed by atoms with E-state index >= 15 is 0 Å². The summed E-state index contributed by atoms with van der Waals surface area (Å²) in [6, 6.07) is 12.9. The Balaban J connectivity index is 0.000000569. The molecule has 0 atom stereocenters. The maximum Gasteiger partial charge on any atom is 0.414 e. The Kier molecular flexibility index (Phi) is 8.85. The summed E-state index contributed by atoms with van der Waals surface area (Å²) in [5.41, 5.74) is 0.722. The number of methoxy groups -OCH3 is 1. The van der Waals surface area contributed by atoms with Gasteiger partial charge in [0.05, 0.1) is 16.9 Å². The third-order valence-corrected chi connectivity index (χ3v) is 6.71. The molecule has 12 nitrogen and oxygen atoms in total. The van der Waals surface area contributed by atoms with Crippen LogP contribution in [0.2, 0.25) is 0 Å². The van der Waals surface area contributed by atoms with Crippen LogP contribution >= 0.6 is 0 Å². The number of nitro groups is 1. The van der Waals surface area contributed by atoms with Crippen LogP contribution in [0.15, 0.2) is 53.4 Å². The van der Waals surface area contributed by atoms with Crippen molar-refractivity contribution >= 4 is 27.6 Å². The molecular weight excluding hydrogens is 458 g/mol. The van der Waals surface area contributed by atoms with Crippen molar-refractivity contribution in [3.05, 3.63) is 64.2 Å². The molecular formula is C20H23N3O9S. The quantitative estimate of drug-likeness (QED) is 0.348. The number of para-hydroxylation sites is 1. The average molecular weight is 481 g/mol. The van der Waals surface area contributed by atoms with Gasteiger partial charge in [-0.1, -0.05) is 18.2 Å². The zero-order chi connectivity index (χ0) is 24.6. The van der Waals surface area contributed by atoms with E-state index in [-0.39, 0.29) is 15.5 Å². The summed E-state index contributed by atoms with van der Waals surface area (Å²) in [4.78, 5) is 31.2. The number of carboxylic acid groups (broad SMARTS) is 2. The second-order valence-corrected chi connectivity index (χ2v) is 8.79. The molecule has 0 radical (unpaired) electrons. The predicted molar refractivity (Wildman–Crippen MR) is 115 cm³/mol. The molecule has 13 heteroatoms. The smallest absolute Gasteiger partial charge is 0.414 e. The van der Waals surface area contributed by atoms with Crippen LogP contribution in [-0.2, 0) is 26.2 Å². The standard InChI is InChI=1S/C18H21N3O5S.C2H2O4/c1-26-16-6-8-17(9-7-16)27(24,25)20-12-10-19(11-13-20)14-15-4-2-3-5-18(15)21(22)23;3-1(4)2(5)6/h2-9H,10-14H2,1H3;(H,3,4)(H,5,6). The van der Waals surface area contributed by atoms with E-state index in [2.05, 4.69) is 0 Å². The molecule has 0 saturated carbocycles. The number of ether oxygens (including phenoxy) is 1. The maximum absolute atomic E-state index is 12.8. The highest BCUT2D eigenvalue weighted by molar-refractivity contribution is 7.89. The van der Waals surface area contributed by atoms with Gasteiger partial charge in [0.1, 0.15) is 5.75 Å². The Morgan fingerprint density at radius 3 is 2.03 bits per heavy atom. The normalized spacial score (nSPS) is 14.6. The molecule has 1 fully saturated rings. The topological polar surface area (TPSA) is 168 Å². The predicted octanol–water partition coefficient (Wildman–Crippen LogP) is 1.27. The summed E-state index contributed by atoms with van der Waals surface area (Å²) in [5.74, 6) is -3.05. The van der Waals surface area contributed by atoms with Gasteiger partial charge in [-0.2, -0.15) is 4.31 Å². The number of sulfonamides is 1. The third-order valence-electron chi connectivity index (χ3n) is 4.79. The van der Waals surface area contributed by atoms with Crippen molar-refractivity contribution in [1.82, 2.24) is 9.21 Å². The summed E-state index contributed by atoms with van der Waals surface area (Å²) in [6.45, 7) is 2.14. The molecule has 1 aliphatic heterocycles. The Labute approximate surface area is 189 Å². The number of carbonyl (C=O) groups is 2. The first-order valence-electron chi connectivity index (χ1n) is 9.61. The van der Waals surface area contributed by atoms with Gasteiger partial charge in [0.25, 0.3) is 5.69 Å². The van der Waals surface area contributed by atoms with Crippen molar-refractivity contribution in [1.29, 1.82) is 0 Å². The second kappa shape index (κ2) is 11.4. The Hall–Kier alpha value is -3.55. The number of hydrogen-bond donors (Lipinski definition) is 2. The van der Waals surface area contributed by atoms with Crippen LogP contribution < -0.4 is 4.74 Å². The zero-order valence-electron chi connectivity index (χ0n) is 17.7. The first kappa shape index (κ1) is 25.7. The van der Waals surface area contributed by atoms with Crippen molar-refractivity contribution in [2.75, 3.05) is 33.3 Å². The van der Waals surface area contributed by atoms with Crippen LogP contribution in [0.25, 0.3) is 0 Å². The molecule has 1 heterocycles. The lowest BCUT2D eigenvalue weighted by Crippen LogP contribution is -2.48. The SMILES string of the molecule is COc1ccc(S(=O)(=O)N2CCN(Cc3ccccc3[N+](=O)[O-])CC2)cc1.O=C(O)C(=O)O. The van der Waals surface area contributed by atoms with Crippen LogP contribution in [0, 0.1) is 10.1 Å². The zero-order valence-corrected chi connectivity index (χ0v) is 18.5. The number of benzene rings is 2. The fourth-order valence-electron chi connectivity index (χ4n) is 3.09. The van der Waals surface area contributed by atoms with Crippen molar-refractivity contribution in [2.24, 2.45) is 0 Å². The Morgan fingerprint density at radius 2 is 1.55 bits per heavy atom. The highest BCUT2D eigenvalue weighted by atomic mass is 32.2. The lowest BCUT2D eigenvalue weighted by molar-refractivity contribution is -0.385. The minimum Gasteiger partial charge on any atom is -0.497 e. The van der Waals surface area contributed by atoms with Crippen LogP contribution in [0.3, 0.4) is 0 Å². The van der Waals surface area contributed by atoms with Gasteiger partial charge in [-0.15, -0.1) is 0 Å². The van der Waals surface area contributed by atoms with Crippen molar-refractivity contribution in [3.8, 4) is 5.75 Å². The van der Waals surface area contributed by atoms with Crippen LogP contribution in [0.1, 0.15) is 5.56 Å². The first-order chi connectivity index (χ1) is 15.6. The fourth-order valence-corrected chi connectivity index (χ4v) is 4.51. The molecule has 0 amide bonds. The lowest BCUT2D eigenvalue weighted by atomic mass is 10.1. The number of nitrogens with zero attached hydrogens (tertiary/aromatic N) is 3. The van der Waals surface area contributed by atoms with Gasteiger partial charge in [0.15, 0.2) is 0 Å². The van der Waals surface area contributed by atoms with Crippen molar-refractivity contribution in [2.45, 2.75) is 11.4 Å². The molecule has 1 saturated heterocycles. The van der Waals surface area contributed by atoms with Gasteiger partial charge in [-0.05, 0) is 24.3 Å². The van der Waals surface area contributed by atoms with Gasteiger partial charge in [0, 0.05) is 44.4 Å². The van der Waals surface area contributed by atoms with Gasteiger partial charge < -0.3 is 14.9 Å². The minimum absolute atomic E-state index is 0.0887. The number of hydrogen-bond acceptors (Lipinski definition) is 8. The minimum atomic E-state index is -3.56. The molecule has 2 N–H and O–H groups in total. The van der Waals surface area contributed by atoms with E-state index in [4.69, 9.17) is 24.5 Å². The van der Waals surface area contributed by atoms with Gasteiger partial charge in [0.2, 0.25) is 10.0 Å². The summed E-state index contributed by atoms with van der Waals surface area (Å²) in [6.07, 6.45) is 0. The van der Waals surface area contributed by atoms with Crippen molar-refractivity contribution < 1.29 is 37.9 Å². The second-order valence-electron chi connectivity index (χ2n) is 6.85. The molecule has 0 aliphatic carbocycles. The summed E-state index contributed by atoms with van der Waals surface area (Å²) in [5, 5.41) is 25.9. The number of nitro benzene ring substituents is 1. The molecule has 178 valence electrons. The molecule has 0 unspecified atom stereocenters. The summed E-state index contributed by atoms with van der Waals surface area (Å²) >= 11 is 0. The van der Waals surface area contributed by atoms with Crippen LogP contribution in [-0.4, -0.2) is 78.0 Å². The molecule has 0 bridgehead atoms. The molecule has 2 aromatic rings. The van der Waals surface area contributed by atoms with E-state index in [0.29, 0.717) is 44.0 Å². The van der Waals surface area contributed by atoms with Gasteiger partial charge in [-0.25, -0.2) is 18.0 Å². The number of rotatable bonds is 6. The van der Waals surface area contributed by atoms with E-state index in [1.54, 1.807) is 30.3 Å². The average Bonchev–Trinajstić information content (AvgIpc) is 2.80. The van der Waals surface area contributed by atoms with Crippen molar-refractivity contribution in [3.63, 3.8) is 0 Å². The van der Waals surface area contributed by atoms with Crippen LogP contribution in [0.5, 0.6) is 5.75 Å². The van der Waals surface area contributed by atoms with E-state index < -0.39 is 22.0 Å². The monoisotopic (exact) mass is 481 g/mol. The van der Waals surface area contributed by atoms with E-state index in [1.807, 2.05) is 4.90 Å². The molecule has 2 aromatic carbocycles. The molecule has 33 heavy (non-hydrogen) atoms. The molecule has 3 rings (SSSR count). The lowest BCUT2D eigenvalue weighted by Gasteiger charge is -2.33. The highest BCUT2D eigenvalue weighted by Gasteiger charge is 2.29. The number of piperazine rings is 1. The number of aliphatic carboxylic acids is 2. The van der Waals surface area contributed by atoms with Crippen LogP contribution in [0.4, 0.5) is 5.69 Å². The number of carboxylic acids is 2. The van der Waals surface area contributed by atoms with E-state index in [9.17, 15) is 18.5 Å². The van der Waals surface area contributed by atoms with Gasteiger partial charge >= 0.3 is 11.9 Å². The first-order valence-corrected chi connectivity index (χ1v) is 11.1. The Morgan fingerprint density at radius 1 is 1.00 bits per heavy atom. The van der Waals surface area contributed by atoms with E-state index in [1.165, 1.54) is 29.6 Å². The molecule has 1 aliphatic rings. The molecule has 0 aromatic heterocycles. The fraction of sp³-hybridized carbons (Fsp3) is 0.300. The molecule has 0 spiro atoms. The highest BCUT2D eigenvalue weighted by Crippen LogP contribution is 2.23. The summed E-state index contributed by atoms with van der Waals surface area (Å²) in [7, 11) is -2.03. The van der Waals surface area contributed by atoms with E-state index in [0.717, 1.165) is 0 Å². The Bertz CT molecular complexity index is 1080. The largest absolute Gasteiger partial charge is 0.497 e. The van der Waals surface area contributed by atoms with Gasteiger partial charge in [-0.3, -0.25) is 15.0 Å². The maximum atomic E-state index is 12.8.